The van der Waals surface area contributed by atoms with Crippen LogP contribution in [-0.4, -0.2) is 57.3 Å². The maximum Gasteiger partial charge on any atom is 0.151 e. The Labute approximate surface area is 114 Å². The lowest BCUT2D eigenvalue weighted by Crippen LogP contribution is -2.52. The molecule has 0 bridgehead atoms. The van der Waals surface area contributed by atoms with Gasteiger partial charge in [-0.25, -0.2) is 4.68 Å². The zero-order chi connectivity index (χ0) is 13.1. The van der Waals surface area contributed by atoms with E-state index >= 15 is 0 Å². The molecule has 2 atom stereocenters. The second-order valence-electron chi connectivity index (χ2n) is 5.82. The van der Waals surface area contributed by atoms with Crippen LogP contribution in [-0.2, 0) is 13.5 Å². The normalized spacial score (nSPS) is 29.5. The van der Waals surface area contributed by atoms with Crippen molar-refractivity contribution in [3.8, 4) is 0 Å². The van der Waals surface area contributed by atoms with Crippen LogP contribution in [0.15, 0.2) is 0 Å². The van der Waals surface area contributed by atoms with Gasteiger partial charge in [0, 0.05) is 45.7 Å². The molecule has 3 rings (SSSR count). The van der Waals surface area contributed by atoms with Crippen molar-refractivity contribution in [1.29, 1.82) is 0 Å². The van der Waals surface area contributed by atoms with Crippen LogP contribution >= 0.6 is 0 Å². The van der Waals surface area contributed by atoms with Gasteiger partial charge < -0.3 is 5.32 Å². The van der Waals surface area contributed by atoms with Gasteiger partial charge in [-0.3, -0.25) is 4.90 Å². The van der Waals surface area contributed by atoms with Crippen molar-refractivity contribution in [2.24, 2.45) is 13.0 Å². The number of aromatic nitrogens is 4. The van der Waals surface area contributed by atoms with Crippen LogP contribution in [0.25, 0.3) is 0 Å². The molecule has 1 aromatic heterocycles. The van der Waals surface area contributed by atoms with E-state index in [1.165, 1.54) is 38.8 Å². The minimum absolute atomic E-state index is 0.719. The predicted octanol–water partition coefficient (Wildman–Crippen LogP) is 0.217. The van der Waals surface area contributed by atoms with Crippen molar-refractivity contribution in [1.82, 2.24) is 30.4 Å². The third-order valence-corrected chi connectivity index (χ3v) is 4.64. The van der Waals surface area contributed by atoms with Crippen molar-refractivity contribution in [2.75, 3.05) is 26.2 Å². The Morgan fingerprint density at radius 3 is 2.74 bits per heavy atom. The van der Waals surface area contributed by atoms with Crippen LogP contribution in [0.3, 0.4) is 0 Å². The van der Waals surface area contributed by atoms with E-state index in [2.05, 4.69) is 25.7 Å². The Balaban J connectivity index is 1.68. The molecule has 19 heavy (non-hydrogen) atoms. The van der Waals surface area contributed by atoms with E-state index in [4.69, 9.17) is 0 Å². The molecule has 1 aliphatic heterocycles. The zero-order valence-corrected chi connectivity index (χ0v) is 11.8. The number of piperazine rings is 1. The Morgan fingerprint density at radius 1 is 1.21 bits per heavy atom. The van der Waals surface area contributed by atoms with Gasteiger partial charge in [-0.15, -0.1) is 5.10 Å². The fourth-order valence-electron chi connectivity index (χ4n) is 3.58. The molecule has 1 N–H and O–H groups in total. The van der Waals surface area contributed by atoms with Crippen LogP contribution in [0.5, 0.6) is 0 Å². The topological polar surface area (TPSA) is 58.9 Å². The largest absolute Gasteiger partial charge is 0.314 e. The van der Waals surface area contributed by atoms with Crippen LogP contribution in [0.4, 0.5) is 0 Å². The summed E-state index contributed by atoms with van der Waals surface area (Å²) in [6.07, 6.45) is 6.43. The molecule has 2 unspecified atom stereocenters. The summed E-state index contributed by atoms with van der Waals surface area (Å²) in [7, 11) is 1.94. The predicted molar refractivity (Wildman–Crippen MR) is 72.7 cm³/mol. The van der Waals surface area contributed by atoms with E-state index < -0.39 is 0 Å². The first-order valence-corrected chi connectivity index (χ1v) is 7.50. The second-order valence-corrected chi connectivity index (χ2v) is 5.82. The van der Waals surface area contributed by atoms with Crippen molar-refractivity contribution in [3.63, 3.8) is 0 Å². The van der Waals surface area contributed by atoms with Crippen molar-refractivity contribution in [2.45, 2.75) is 38.1 Å². The quantitative estimate of drug-likeness (QED) is 0.846. The Hall–Kier alpha value is -1.01. The highest BCUT2D eigenvalue weighted by molar-refractivity contribution is 4.92. The van der Waals surface area contributed by atoms with Gasteiger partial charge in [-0.2, -0.15) is 0 Å². The van der Waals surface area contributed by atoms with Gasteiger partial charge in [0.15, 0.2) is 5.82 Å². The molecule has 6 nitrogen and oxygen atoms in total. The van der Waals surface area contributed by atoms with Gasteiger partial charge in [0.05, 0.1) is 0 Å². The molecule has 0 spiro atoms. The molecular weight excluding hydrogens is 240 g/mol. The monoisotopic (exact) mass is 264 g/mol. The number of nitrogens with one attached hydrogen (secondary N) is 1. The van der Waals surface area contributed by atoms with E-state index in [-0.39, 0.29) is 0 Å². The molecule has 1 aliphatic carbocycles. The first-order chi connectivity index (χ1) is 9.34. The van der Waals surface area contributed by atoms with E-state index in [0.29, 0.717) is 0 Å². The van der Waals surface area contributed by atoms with Gasteiger partial charge in [-0.05, 0) is 29.2 Å². The molecule has 0 amide bonds. The van der Waals surface area contributed by atoms with Gasteiger partial charge in [0.25, 0.3) is 0 Å². The highest BCUT2D eigenvalue weighted by Gasteiger charge is 2.31. The smallest absolute Gasteiger partial charge is 0.151 e. The fraction of sp³-hybridized carbons (Fsp3) is 0.923. The van der Waals surface area contributed by atoms with Crippen LogP contribution < -0.4 is 5.32 Å². The lowest BCUT2D eigenvalue weighted by Gasteiger charge is -2.41. The Morgan fingerprint density at radius 2 is 2.00 bits per heavy atom. The molecule has 0 aromatic carbocycles. The zero-order valence-electron chi connectivity index (χ0n) is 11.8. The summed E-state index contributed by atoms with van der Waals surface area (Å²) in [4.78, 5) is 2.68. The summed E-state index contributed by atoms with van der Waals surface area (Å²) in [6.45, 7) is 4.65. The molecule has 2 heterocycles. The molecule has 106 valence electrons. The van der Waals surface area contributed by atoms with Crippen molar-refractivity contribution >= 4 is 0 Å². The van der Waals surface area contributed by atoms with Gasteiger partial charge >= 0.3 is 0 Å². The van der Waals surface area contributed by atoms with Crippen molar-refractivity contribution < 1.29 is 0 Å². The fourth-order valence-corrected chi connectivity index (χ4v) is 3.58. The summed E-state index contributed by atoms with van der Waals surface area (Å²) in [5.74, 6) is 1.75. The second kappa shape index (κ2) is 5.96. The van der Waals surface area contributed by atoms with Crippen LogP contribution in [0.2, 0.25) is 0 Å². The average Bonchev–Trinajstić information content (AvgIpc) is 2.86. The first kappa shape index (κ1) is 13.0. The summed E-state index contributed by atoms with van der Waals surface area (Å²) >= 11 is 0. The number of aryl methyl sites for hydroxylation is 1. The Kier molecular flexibility index (Phi) is 4.08. The number of nitrogens with zero attached hydrogens (tertiary/aromatic N) is 5. The van der Waals surface area contributed by atoms with Gasteiger partial charge in [0.1, 0.15) is 0 Å². The third-order valence-electron chi connectivity index (χ3n) is 4.64. The van der Waals surface area contributed by atoms with Crippen LogP contribution in [0.1, 0.15) is 31.5 Å². The SMILES string of the molecule is Cn1nnnc1CC1CCCCC1N1CCNCC1. The highest BCUT2D eigenvalue weighted by Crippen LogP contribution is 2.30. The summed E-state index contributed by atoms with van der Waals surface area (Å²) in [6, 6.07) is 0.729. The van der Waals surface area contributed by atoms with E-state index in [0.717, 1.165) is 37.3 Å². The molecule has 0 radical (unpaired) electrons. The Bertz CT molecular complexity index is 398. The molecule has 1 saturated heterocycles. The summed E-state index contributed by atoms with van der Waals surface area (Å²) in [5.41, 5.74) is 0. The maximum absolute atomic E-state index is 4.16. The van der Waals surface area contributed by atoms with E-state index in [1.807, 2.05) is 11.7 Å². The first-order valence-electron chi connectivity index (χ1n) is 7.50. The number of hydrogen-bond donors (Lipinski definition) is 1. The van der Waals surface area contributed by atoms with Crippen LogP contribution in [0, 0.1) is 5.92 Å². The van der Waals surface area contributed by atoms with Gasteiger partial charge in [0.2, 0.25) is 0 Å². The lowest BCUT2D eigenvalue weighted by molar-refractivity contribution is 0.0895. The summed E-state index contributed by atoms with van der Waals surface area (Å²) < 4.78 is 1.82. The highest BCUT2D eigenvalue weighted by atomic mass is 15.5. The molecule has 6 heteroatoms. The van der Waals surface area contributed by atoms with E-state index in [9.17, 15) is 0 Å². The molecule has 1 saturated carbocycles. The third kappa shape index (κ3) is 2.95. The number of tetrazole rings is 1. The standard InChI is InChI=1S/C13H24N6/c1-18-13(15-16-17-18)10-11-4-2-3-5-12(11)19-8-6-14-7-9-19/h11-12,14H,2-10H2,1H3. The number of rotatable bonds is 3. The minimum atomic E-state index is 0.719. The average molecular weight is 264 g/mol. The minimum Gasteiger partial charge on any atom is -0.314 e. The molecule has 1 aromatic rings. The number of hydrogen-bond acceptors (Lipinski definition) is 5. The molecule has 2 aliphatic rings. The summed E-state index contributed by atoms with van der Waals surface area (Å²) in [5, 5.41) is 15.3. The van der Waals surface area contributed by atoms with Crippen molar-refractivity contribution in [3.05, 3.63) is 5.82 Å². The lowest BCUT2D eigenvalue weighted by atomic mass is 9.81. The molecule has 2 fully saturated rings. The molecular formula is C13H24N6. The van der Waals surface area contributed by atoms with Gasteiger partial charge in [-0.1, -0.05) is 12.8 Å². The van der Waals surface area contributed by atoms with E-state index in [1.54, 1.807) is 0 Å². The maximum atomic E-state index is 4.16.